The first-order valence-corrected chi connectivity index (χ1v) is 7.00. The van der Waals surface area contributed by atoms with E-state index in [1.54, 1.807) is 0 Å². The van der Waals surface area contributed by atoms with E-state index in [-0.39, 0.29) is 31.6 Å². The summed E-state index contributed by atoms with van der Waals surface area (Å²) in [5.74, 6) is -1.92. The molecule has 0 aromatic carbocycles. The second-order valence-corrected chi connectivity index (χ2v) is 6.08. The first kappa shape index (κ1) is 16.6. The maximum Gasteiger partial charge on any atom is 0.394 e. The minimum Gasteiger partial charge on any atom is -0.337 e. The maximum atomic E-state index is 13.0. The number of aryl methyl sites for hydroxylation is 2. The summed E-state index contributed by atoms with van der Waals surface area (Å²) >= 11 is 0. The van der Waals surface area contributed by atoms with Crippen LogP contribution in [0.4, 0.5) is 13.2 Å². The van der Waals surface area contributed by atoms with E-state index < -0.39 is 23.5 Å². The molecular weight excluding hydrogens is 301 g/mol. The van der Waals surface area contributed by atoms with Gasteiger partial charge in [0.1, 0.15) is 6.33 Å². The van der Waals surface area contributed by atoms with E-state index in [2.05, 4.69) is 5.10 Å². The summed E-state index contributed by atoms with van der Waals surface area (Å²) in [5.41, 5.74) is -1.63. The number of amides is 1. The van der Waals surface area contributed by atoms with E-state index in [9.17, 15) is 22.8 Å². The van der Waals surface area contributed by atoms with Crippen molar-refractivity contribution in [2.24, 2.45) is 13.0 Å². The minimum atomic E-state index is -4.32. The molecule has 6 nitrogen and oxygen atoms in total. The van der Waals surface area contributed by atoms with Crippen LogP contribution < -0.4 is 5.69 Å². The first-order valence-electron chi connectivity index (χ1n) is 7.00. The molecule has 0 aliphatic carbocycles. The number of carbonyl (C=O) groups is 1. The third-order valence-electron chi connectivity index (χ3n) is 4.31. The predicted octanol–water partition coefficient (Wildman–Crippen LogP) is 1.16. The lowest BCUT2D eigenvalue weighted by Gasteiger charge is -2.36. The molecule has 2 rings (SSSR count). The van der Waals surface area contributed by atoms with Gasteiger partial charge < -0.3 is 4.90 Å². The van der Waals surface area contributed by atoms with Crippen molar-refractivity contribution in [1.82, 2.24) is 19.2 Å². The highest BCUT2D eigenvalue weighted by Crippen LogP contribution is 2.44. The molecule has 1 aliphatic heterocycles. The van der Waals surface area contributed by atoms with E-state index >= 15 is 0 Å². The fourth-order valence-corrected chi connectivity index (χ4v) is 3.01. The van der Waals surface area contributed by atoms with Crippen LogP contribution in [-0.2, 0) is 18.4 Å². The number of hydrogen-bond donors (Lipinski definition) is 0. The van der Waals surface area contributed by atoms with Crippen LogP contribution in [0, 0.1) is 5.92 Å². The van der Waals surface area contributed by atoms with E-state index in [1.807, 2.05) is 0 Å². The van der Waals surface area contributed by atoms with Gasteiger partial charge in [-0.15, -0.1) is 0 Å². The Morgan fingerprint density at radius 1 is 1.45 bits per heavy atom. The molecule has 0 saturated carbocycles. The summed E-state index contributed by atoms with van der Waals surface area (Å²) in [6.07, 6.45) is -3.14. The Hall–Kier alpha value is -1.80. The van der Waals surface area contributed by atoms with Gasteiger partial charge in [0.15, 0.2) is 0 Å². The van der Waals surface area contributed by atoms with Crippen LogP contribution in [0.5, 0.6) is 0 Å². The van der Waals surface area contributed by atoms with Crippen LogP contribution in [-0.4, -0.2) is 43.4 Å². The third kappa shape index (κ3) is 2.89. The molecule has 124 valence electrons. The molecule has 0 spiro atoms. The van der Waals surface area contributed by atoms with Crippen molar-refractivity contribution in [2.75, 3.05) is 6.54 Å². The molecule has 0 N–H and O–H groups in total. The summed E-state index contributed by atoms with van der Waals surface area (Å²) < 4.78 is 41.4. The van der Waals surface area contributed by atoms with Crippen LogP contribution in [0.25, 0.3) is 0 Å². The van der Waals surface area contributed by atoms with Gasteiger partial charge in [0.05, 0.1) is 12.5 Å². The van der Waals surface area contributed by atoms with Crippen LogP contribution >= 0.6 is 0 Å². The van der Waals surface area contributed by atoms with E-state index in [0.717, 1.165) is 4.68 Å². The van der Waals surface area contributed by atoms with Gasteiger partial charge in [-0.1, -0.05) is 0 Å². The molecule has 0 bridgehead atoms. The van der Waals surface area contributed by atoms with Crippen molar-refractivity contribution in [3.63, 3.8) is 0 Å². The topological polar surface area (TPSA) is 60.1 Å². The zero-order valence-corrected chi connectivity index (χ0v) is 12.7. The molecule has 1 fully saturated rings. The highest BCUT2D eigenvalue weighted by Gasteiger charge is 2.55. The summed E-state index contributed by atoms with van der Waals surface area (Å²) in [6, 6.07) is 0. The van der Waals surface area contributed by atoms with Gasteiger partial charge in [0.25, 0.3) is 0 Å². The number of hydrogen-bond acceptors (Lipinski definition) is 3. The van der Waals surface area contributed by atoms with Crippen molar-refractivity contribution in [3.05, 3.63) is 16.8 Å². The van der Waals surface area contributed by atoms with Crippen LogP contribution in [0.15, 0.2) is 11.1 Å². The molecule has 9 heteroatoms. The Bertz CT molecular complexity index is 618. The third-order valence-corrected chi connectivity index (χ3v) is 4.31. The van der Waals surface area contributed by atoms with Gasteiger partial charge in [-0.25, -0.2) is 9.48 Å². The predicted molar refractivity (Wildman–Crippen MR) is 72.0 cm³/mol. The van der Waals surface area contributed by atoms with Crippen molar-refractivity contribution in [2.45, 2.75) is 44.9 Å². The Morgan fingerprint density at radius 2 is 2.09 bits per heavy atom. The Labute approximate surface area is 125 Å². The number of carbonyl (C=O) groups excluding carboxylic acids is 1. The van der Waals surface area contributed by atoms with Gasteiger partial charge in [-0.2, -0.15) is 18.3 Å². The molecule has 1 aromatic heterocycles. The van der Waals surface area contributed by atoms with Gasteiger partial charge >= 0.3 is 11.9 Å². The Kier molecular flexibility index (Phi) is 4.09. The molecule has 1 saturated heterocycles. The number of halogens is 3. The van der Waals surface area contributed by atoms with Crippen LogP contribution in [0.1, 0.15) is 26.7 Å². The fourth-order valence-electron chi connectivity index (χ4n) is 3.01. The largest absolute Gasteiger partial charge is 0.394 e. The van der Waals surface area contributed by atoms with E-state index in [1.165, 1.54) is 36.7 Å². The summed E-state index contributed by atoms with van der Waals surface area (Å²) in [7, 11) is 1.53. The second-order valence-electron chi connectivity index (χ2n) is 6.08. The standard InChI is InChI=1S/C13H19F3N4O2/c1-12(2)9(13(14,15)16)4-6-19(12)10(21)5-7-20-11(22)18(3)8-17-20/h8-9H,4-7H2,1-3H3. The minimum absolute atomic E-state index is 0.0507. The number of alkyl halides is 3. The molecule has 0 radical (unpaired) electrons. The highest BCUT2D eigenvalue weighted by molar-refractivity contribution is 5.77. The molecule has 22 heavy (non-hydrogen) atoms. The molecule has 2 heterocycles. The van der Waals surface area contributed by atoms with Gasteiger partial charge in [0, 0.05) is 25.6 Å². The zero-order chi connectivity index (χ0) is 16.7. The lowest BCUT2D eigenvalue weighted by atomic mass is 9.88. The van der Waals surface area contributed by atoms with Crippen molar-refractivity contribution < 1.29 is 18.0 Å². The quantitative estimate of drug-likeness (QED) is 0.840. The van der Waals surface area contributed by atoms with Gasteiger partial charge in [0.2, 0.25) is 5.91 Å². The molecule has 1 amide bonds. The normalized spacial score (nSPS) is 21.4. The maximum absolute atomic E-state index is 13.0. The summed E-state index contributed by atoms with van der Waals surface area (Å²) in [6.45, 7) is 3.00. The molecule has 1 atom stereocenters. The lowest BCUT2D eigenvalue weighted by Crippen LogP contribution is -2.50. The second kappa shape index (κ2) is 5.44. The number of rotatable bonds is 3. The molecule has 1 aliphatic rings. The van der Waals surface area contributed by atoms with Crippen LogP contribution in [0.2, 0.25) is 0 Å². The van der Waals surface area contributed by atoms with Crippen molar-refractivity contribution in [1.29, 1.82) is 0 Å². The Morgan fingerprint density at radius 3 is 2.55 bits per heavy atom. The average Bonchev–Trinajstić information content (AvgIpc) is 2.87. The zero-order valence-electron chi connectivity index (χ0n) is 12.7. The van der Waals surface area contributed by atoms with Crippen LogP contribution in [0.3, 0.4) is 0 Å². The monoisotopic (exact) mass is 320 g/mol. The van der Waals surface area contributed by atoms with Gasteiger partial charge in [-0.3, -0.25) is 9.36 Å². The molecular formula is C13H19F3N4O2. The molecule has 1 unspecified atom stereocenters. The highest BCUT2D eigenvalue weighted by atomic mass is 19.4. The van der Waals surface area contributed by atoms with Crippen molar-refractivity contribution in [3.8, 4) is 0 Å². The smallest absolute Gasteiger partial charge is 0.337 e. The number of aromatic nitrogens is 3. The first-order chi connectivity index (χ1) is 10.0. The SMILES string of the molecule is Cn1cnn(CCC(=O)N2CCC(C(F)(F)F)C2(C)C)c1=O. The van der Waals surface area contributed by atoms with E-state index in [4.69, 9.17) is 0 Å². The number of nitrogens with zero attached hydrogens (tertiary/aromatic N) is 4. The van der Waals surface area contributed by atoms with Crippen molar-refractivity contribution >= 4 is 5.91 Å². The van der Waals surface area contributed by atoms with E-state index in [0.29, 0.717) is 0 Å². The lowest BCUT2D eigenvalue weighted by molar-refractivity contribution is -0.192. The summed E-state index contributed by atoms with van der Waals surface area (Å²) in [5, 5.41) is 3.82. The number of likely N-dealkylation sites (tertiary alicyclic amines) is 1. The fraction of sp³-hybridized carbons (Fsp3) is 0.769. The average molecular weight is 320 g/mol. The molecule has 1 aromatic rings. The Balaban J connectivity index is 2.04. The van der Waals surface area contributed by atoms with Gasteiger partial charge in [-0.05, 0) is 20.3 Å². The summed E-state index contributed by atoms with van der Waals surface area (Å²) in [4.78, 5) is 25.1.